The molecule has 0 unspecified atom stereocenters. The summed E-state index contributed by atoms with van der Waals surface area (Å²) in [5, 5.41) is 3.11. The maximum atomic E-state index is 12.9. The molecule has 1 heterocycles. The van der Waals surface area contributed by atoms with Gasteiger partial charge in [0.1, 0.15) is 5.82 Å². The first-order valence-electron chi connectivity index (χ1n) is 6.23. The maximum Gasteiger partial charge on any atom is 0.390 e. The quantitative estimate of drug-likeness (QED) is 0.840. The smallest absolute Gasteiger partial charge is 0.314 e. The molecule has 0 amide bonds. The van der Waals surface area contributed by atoms with Gasteiger partial charge in [-0.15, -0.1) is 24.8 Å². The summed E-state index contributed by atoms with van der Waals surface area (Å²) in [4.78, 5) is 1.80. The van der Waals surface area contributed by atoms with Crippen LogP contribution in [-0.2, 0) is 0 Å². The normalized spacial score (nSPS) is 17.5. The summed E-state index contributed by atoms with van der Waals surface area (Å²) in [6, 6.07) is 4.56. The van der Waals surface area contributed by atoms with Gasteiger partial charge in [-0.25, -0.2) is 4.39 Å². The molecule has 0 radical (unpaired) electrons. The summed E-state index contributed by atoms with van der Waals surface area (Å²) in [7, 11) is 0. The fourth-order valence-electron chi connectivity index (χ4n) is 2.36. The lowest BCUT2D eigenvalue weighted by Crippen LogP contribution is -2.46. The molecule has 0 bridgehead atoms. The second-order valence-corrected chi connectivity index (χ2v) is 4.67. The average Bonchev–Trinajstić information content (AvgIpc) is 2.37. The van der Waals surface area contributed by atoms with Gasteiger partial charge in [-0.1, -0.05) is 12.1 Å². The highest BCUT2D eigenvalue weighted by Gasteiger charge is 2.35. The molecule has 1 aromatic rings. The van der Waals surface area contributed by atoms with E-state index in [-0.39, 0.29) is 24.8 Å². The summed E-state index contributed by atoms with van der Waals surface area (Å²) in [6.07, 6.45) is -5.14. The van der Waals surface area contributed by atoms with Gasteiger partial charge in [-0.3, -0.25) is 4.90 Å². The van der Waals surface area contributed by atoms with E-state index in [2.05, 4.69) is 5.32 Å². The van der Waals surface area contributed by atoms with Crippen molar-refractivity contribution in [3.05, 3.63) is 35.6 Å². The van der Waals surface area contributed by atoms with Gasteiger partial charge >= 0.3 is 6.18 Å². The van der Waals surface area contributed by atoms with Crippen LogP contribution in [0.2, 0.25) is 0 Å². The maximum absolute atomic E-state index is 12.9. The molecule has 0 spiro atoms. The zero-order valence-corrected chi connectivity index (χ0v) is 12.8. The second-order valence-electron chi connectivity index (χ2n) is 4.67. The van der Waals surface area contributed by atoms with Gasteiger partial charge in [0.25, 0.3) is 0 Å². The second kappa shape index (κ2) is 8.78. The number of nitrogens with zero attached hydrogens (tertiary/aromatic N) is 1. The van der Waals surface area contributed by atoms with Crippen molar-refractivity contribution >= 4 is 24.8 Å². The molecule has 1 atom stereocenters. The van der Waals surface area contributed by atoms with Crippen molar-refractivity contribution in [2.24, 2.45) is 0 Å². The van der Waals surface area contributed by atoms with Crippen LogP contribution in [0.25, 0.3) is 0 Å². The minimum atomic E-state index is -4.23. The number of hydrogen-bond acceptors (Lipinski definition) is 2. The molecule has 8 heteroatoms. The molecule has 21 heavy (non-hydrogen) atoms. The molecule has 122 valence electrons. The van der Waals surface area contributed by atoms with E-state index in [0.29, 0.717) is 31.7 Å². The van der Waals surface area contributed by atoms with E-state index in [9.17, 15) is 17.6 Å². The number of hydrogen-bond donors (Lipinski definition) is 1. The largest absolute Gasteiger partial charge is 0.390 e. The molecule has 2 rings (SSSR count). The molecule has 1 aliphatic heterocycles. The van der Waals surface area contributed by atoms with Crippen molar-refractivity contribution in [1.29, 1.82) is 0 Å². The molecule has 0 aliphatic carbocycles. The number of benzene rings is 1. The van der Waals surface area contributed by atoms with Crippen LogP contribution in [0.1, 0.15) is 18.0 Å². The Bertz CT molecular complexity index is 406. The van der Waals surface area contributed by atoms with E-state index in [1.54, 1.807) is 4.90 Å². The monoisotopic (exact) mass is 348 g/mol. The average molecular weight is 349 g/mol. The predicted octanol–water partition coefficient (Wildman–Crippen LogP) is 3.57. The molecule has 0 saturated carbocycles. The molecule has 2 nitrogen and oxygen atoms in total. The predicted molar refractivity (Wildman–Crippen MR) is 78.8 cm³/mol. The minimum absolute atomic E-state index is 0. The van der Waals surface area contributed by atoms with Gasteiger partial charge in [-0.05, 0) is 17.7 Å². The van der Waals surface area contributed by atoms with E-state index >= 15 is 0 Å². The van der Waals surface area contributed by atoms with Gasteiger partial charge in [-0.2, -0.15) is 13.2 Å². The highest BCUT2D eigenvalue weighted by atomic mass is 35.5. The first kappa shape index (κ1) is 20.4. The van der Waals surface area contributed by atoms with Crippen LogP contribution >= 0.6 is 24.8 Å². The van der Waals surface area contributed by atoms with E-state index in [0.717, 1.165) is 0 Å². The van der Waals surface area contributed by atoms with Gasteiger partial charge in [0, 0.05) is 32.2 Å². The summed E-state index contributed by atoms with van der Waals surface area (Å²) < 4.78 is 51.0. The summed E-state index contributed by atoms with van der Waals surface area (Å²) >= 11 is 0. The van der Waals surface area contributed by atoms with Gasteiger partial charge < -0.3 is 5.32 Å². The lowest BCUT2D eigenvalue weighted by Gasteiger charge is -2.35. The Morgan fingerprint density at radius 1 is 1.05 bits per heavy atom. The SMILES string of the molecule is Cl.Cl.Fc1ccc([C@H](CC(F)(F)F)N2CCNCC2)cc1. The van der Waals surface area contributed by atoms with Crippen molar-refractivity contribution in [2.75, 3.05) is 26.2 Å². The Morgan fingerprint density at radius 3 is 2.05 bits per heavy atom. The van der Waals surface area contributed by atoms with E-state index < -0.39 is 24.5 Å². The Hall–Kier alpha value is -0.560. The molecule has 1 aliphatic rings. The summed E-state index contributed by atoms with van der Waals surface area (Å²) in [6.45, 7) is 2.49. The van der Waals surface area contributed by atoms with Crippen LogP contribution in [0, 0.1) is 5.82 Å². The van der Waals surface area contributed by atoms with Crippen LogP contribution in [0.5, 0.6) is 0 Å². The summed E-state index contributed by atoms with van der Waals surface area (Å²) in [5.74, 6) is -0.435. The number of rotatable bonds is 3. The number of nitrogens with one attached hydrogen (secondary N) is 1. The third kappa shape index (κ3) is 6.38. The first-order valence-corrected chi connectivity index (χ1v) is 6.23. The van der Waals surface area contributed by atoms with Gasteiger partial charge in [0.15, 0.2) is 0 Å². The minimum Gasteiger partial charge on any atom is -0.314 e. The fourth-order valence-corrected chi connectivity index (χ4v) is 2.36. The zero-order chi connectivity index (χ0) is 13.9. The van der Waals surface area contributed by atoms with Gasteiger partial charge in [0.05, 0.1) is 6.42 Å². The number of alkyl halides is 3. The molecule has 1 fully saturated rings. The lowest BCUT2D eigenvalue weighted by atomic mass is 10.0. The van der Waals surface area contributed by atoms with Crippen molar-refractivity contribution < 1.29 is 17.6 Å². The highest BCUT2D eigenvalue weighted by molar-refractivity contribution is 5.85. The first-order chi connectivity index (χ1) is 8.96. The van der Waals surface area contributed by atoms with Crippen molar-refractivity contribution in [1.82, 2.24) is 10.2 Å². The third-order valence-corrected chi connectivity index (χ3v) is 3.27. The van der Waals surface area contributed by atoms with Crippen molar-refractivity contribution in [3.63, 3.8) is 0 Å². The Balaban J connectivity index is 0.00000200. The standard InChI is InChI=1S/C13H16F4N2.2ClH/c14-11-3-1-10(2-4-11)12(9-13(15,16)17)19-7-5-18-6-8-19;;/h1-4,12,18H,5-9H2;2*1H/t12-;;/m0../s1. The van der Waals surface area contributed by atoms with Crippen LogP contribution in [0.4, 0.5) is 17.6 Å². The van der Waals surface area contributed by atoms with Gasteiger partial charge in [0.2, 0.25) is 0 Å². The van der Waals surface area contributed by atoms with Crippen LogP contribution in [0.3, 0.4) is 0 Å². The van der Waals surface area contributed by atoms with Crippen molar-refractivity contribution in [3.8, 4) is 0 Å². The van der Waals surface area contributed by atoms with Crippen molar-refractivity contribution in [2.45, 2.75) is 18.6 Å². The fraction of sp³-hybridized carbons (Fsp3) is 0.538. The molecule has 1 saturated heterocycles. The topological polar surface area (TPSA) is 15.3 Å². The molecular weight excluding hydrogens is 331 g/mol. The third-order valence-electron chi connectivity index (χ3n) is 3.27. The van der Waals surface area contributed by atoms with Crippen LogP contribution in [-0.4, -0.2) is 37.3 Å². The molecule has 0 aromatic heterocycles. The van der Waals surface area contributed by atoms with E-state index in [1.807, 2.05) is 0 Å². The zero-order valence-electron chi connectivity index (χ0n) is 11.2. The highest BCUT2D eigenvalue weighted by Crippen LogP contribution is 2.33. The Labute approximate surface area is 133 Å². The van der Waals surface area contributed by atoms with E-state index in [1.165, 1.54) is 24.3 Å². The lowest BCUT2D eigenvalue weighted by molar-refractivity contribution is -0.148. The summed E-state index contributed by atoms with van der Waals surface area (Å²) in [5.41, 5.74) is 0.514. The number of piperazine rings is 1. The molecule has 1 aromatic carbocycles. The van der Waals surface area contributed by atoms with Crippen LogP contribution in [0.15, 0.2) is 24.3 Å². The molecule has 1 N–H and O–H groups in total. The Morgan fingerprint density at radius 2 is 1.57 bits per heavy atom. The van der Waals surface area contributed by atoms with Crippen LogP contribution < -0.4 is 5.32 Å². The Kier molecular flexibility index (Phi) is 8.54. The molecular formula is C13H18Cl2F4N2. The number of halogens is 6. The van der Waals surface area contributed by atoms with E-state index in [4.69, 9.17) is 0 Å².